The minimum atomic E-state index is -4.59. The van der Waals surface area contributed by atoms with Gasteiger partial charge in [-0.1, -0.05) is 12.2 Å². The number of hydrazine groups is 1. The van der Waals surface area contributed by atoms with Gasteiger partial charge in [0, 0.05) is 6.42 Å². The number of anilines is 1. The zero-order valence-electron chi connectivity index (χ0n) is 10.6. The average Bonchev–Trinajstić information content (AvgIpc) is 2.43. The molecule has 0 radical (unpaired) electrons. The molecule has 0 saturated heterocycles. The van der Waals surface area contributed by atoms with Crippen molar-refractivity contribution in [2.24, 2.45) is 0 Å². The molecule has 1 aromatic carbocycles. The van der Waals surface area contributed by atoms with Crippen molar-refractivity contribution in [1.82, 2.24) is 5.43 Å². The first-order valence-electron chi connectivity index (χ1n) is 5.66. The van der Waals surface area contributed by atoms with Gasteiger partial charge in [0.2, 0.25) is 15.7 Å². The highest BCUT2D eigenvalue weighted by molar-refractivity contribution is 7.91. The average molecular weight is 304 g/mol. The molecule has 0 spiro atoms. The quantitative estimate of drug-likeness (QED) is 0.623. The lowest BCUT2D eigenvalue weighted by Gasteiger charge is -2.08. The summed E-state index contributed by atoms with van der Waals surface area (Å²) in [5.74, 6) is -3.74. The van der Waals surface area contributed by atoms with E-state index in [-0.39, 0.29) is 12.3 Å². The van der Waals surface area contributed by atoms with Crippen molar-refractivity contribution < 1.29 is 22.0 Å². The number of carbonyl (C=O) groups excluding carboxylic acids is 1. The largest absolute Gasteiger partial charge is 0.341 e. The molecule has 0 atom stereocenters. The number of rotatable bonds is 6. The van der Waals surface area contributed by atoms with Crippen LogP contribution in [0.4, 0.5) is 14.5 Å². The first-order valence-corrected chi connectivity index (χ1v) is 7.20. The molecule has 5 nitrogen and oxygen atoms in total. The van der Waals surface area contributed by atoms with Crippen LogP contribution in [0.2, 0.25) is 0 Å². The molecule has 8 heteroatoms. The topological polar surface area (TPSA) is 75.3 Å². The van der Waals surface area contributed by atoms with Crippen LogP contribution in [-0.2, 0) is 14.6 Å². The van der Waals surface area contributed by atoms with Gasteiger partial charge in [0.1, 0.15) is 0 Å². The van der Waals surface area contributed by atoms with Crippen molar-refractivity contribution in [3.05, 3.63) is 36.4 Å². The molecular weight excluding hydrogens is 290 g/mol. The van der Waals surface area contributed by atoms with Gasteiger partial charge < -0.3 is 0 Å². The van der Waals surface area contributed by atoms with Crippen molar-refractivity contribution in [3.63, 3.8) is 0 Å². The zero-order chi connectivity index (χ0) is 15.2. The van der Waals surface area contributed by atoms with Gasteiger partial charge in [-0.25, -0.2) is 8.42 Å². The monoisotopic (exact) mass is 304 g/mol. The fourth-order valence-corrected chi connectivity index (χ4v) is 1.97. The molecule has 110 valence electrons. The van der Waals surface area contributed by atoms with Gasteiger partial charge in [-0.05, 0) is 31.2 Å². The third kappa shape index (κ3) is 4.30. The molecule has 0 aromatic heterocycles. The van der Waals surface area contributed by atoms with Crippen LogP contribution < -0.4 is 10.9 Å². The summed E-state index contributed by atoms with van der Waals surface area (Å²) in [5, 5.41) is 0. The van der Waals surface area contributed by atoms with E-state index < -0.39 is 20.5 Å². The van der Waals surface area contributed by atoms with E-state index in [0.29, 0.717) is 5.69 Å². The molecule has 2 N–H and O–H groups in total. The summed E-state index contributed by atoms with van der Waals surface area (Å²) < 4.78 is 47.0. The molecule has 1 amide bonds. The molecule has 0 aliphatic rings. The van der Waals surface area contributed by atoms with Crippen LogP contribution in [0, 0.1) is 0 Å². The van der Waals surface area contributed by atoms with Crippen molar-refractivity contribution >= 4 is 21.4 Å². The lowest BCUT2D eigenvalue weighted by atomic mass is 10.3. The molecule has 0 heterocycles. The first kappa shape index (κ1) is 16.1. The minimum Gasteiger partial charge on any atom is -0.299 e. The summed E-state index contributed by atoms with van der Waals surface area (Å²) in [4.78, 5) is 10.8. The van der Waals surface area contributed by atoms with Crippen LogP contribution in [0.25, 0.3) is 0 Å². The van der Waals surface area contributed by atoms with Crippen molar-refractivity contribution in [2.45, 2.75) is 24.0 Å². The molecule has 0 saturated carbocycles. The number of sulfone groups is 1. The second-order valence-electron chi connectivity index (χ2n) is 3.78. The Balaban J connectivity index is 2.66. The fourth-order valence-electron chi connectivity index (χ4n) is 1.25. The molecule has 0 aliphatic carbocycles. The maximum atomic E-state index is 12.3. The van der Waals surface area contributed by atoms with E-state index in [2.05, 4.69) is 10.9 Å². The van der Waals surface area contributed by atoms with Crippen LogP contribution in [0.3, 0.4) is 0 Å². The van der Waals surface area contributed by atoms with E-state index in [1.54, 1.807) is 19.1 Å². The van der Waals surface area contributed by atoms with Gasteiger partial charge >= 0.3 is 5.76 Å². The highest BCUT2D eigenvalue weighted by atomic mass is 32.2. The number of carbonyl (C=O) groups is 1. The Morgan fingerprint density at radius 1 is 1.30 bits per heavy atom. The lowest BCUT2D eigenvalue weighted by molar-refractivity contribution is -0.119. The highest BCUT2D eigenvalue weighted by Crippen LogP contribution is 2.19. The summed E-state index contributed by atoms with van der Waals surface area (Å²) >= 11 is 0. The summed E-state index contributed by atoms with van der Waals surface area (Å²) in [6.07, 6.45) is 3.58. The Bertz CT molecular complexity index is 583. The van der Waals surface area contributed by atoms with E-state index in [0.717, 1.165) is 12.1 Å². The Labute approximate surface area is 115 Å². The van der Waals surface area contributed by atoms with Gasteiger partial charge in [0.05, 0.1) is 10.6 Å². The number of alkyl halides is 2. The number of hydrogen-bond acceptors (Lipinski definition) is 4. The smallest absolute Gasteiger partial charge is 0.299 e. The molecular formula is C12H14F2N2O3S. The number of amides is 1. The van der Waals surface area contributed by atoms with Crippen molar-refractivity contribution in [3.8, 4) is 0 Å². The molecule has 0 unspecified atom stereocenters. The lowest BCUT2D eigenvalue weighted by Crippen LogP contribution is -2.28. The molecule has 20 heavy (non-hydrogen) atoms. The van der Waals surface area contributed by atoms with Gasteiger partial charge in [-0.2, -0.15) is 8.78 Å². The second kappa shape index (κ2) is 6.99. The minimum absolute atomic E-state index is 0.196. The number of halogens is 2. The van der Waals surface area contributed by atoms with E-state index in [9.17, 15) is 22.0 Å². The van der Waals surface area contributed by atoms with E-state index in [1.165, 1.54) is 12.1 Å². The highest BCUT2D eigenvalue weighted by Gasteiger charge is 2.26. The Morgan fingerprint density at radius 2 is 1.90 bits per heavy atom. The van der Waals surface area contributed by atoms with Crippen molar-refractivity contribution in [2.75, 3.05) is 5.43 Å². The Kier molecular flexibility index (Phi) is 5.63. The van der Waals surface area contributed by atoms with Crippen LogP contribution in [0.1, 0.15) is 13.3 Å². The van der Waals surface area contributed by atoms with Gasteiger partial charge in [-0.3, -0.25) is 15.6 Å². The fraction of sp³-hybridized carbons (Fsp3) is 0.250. The van der Waals surface area contributed by atoms with Crippen LogP contribution in [0.15, 0.2) is 41.3 Å². The number of benzene rings is 1. The van der Waals surface area contributed by atoms with Gasteiger partial charge in [0.25, 0.3) is 0 Å². The maximum Gasteiger partial charge on any atom is 0.341 e. The van der Waals surface area contributed by atoms with Crippen molar-refractivity contribution in [1.29, 1.82) is 0 Å². The van der Waals surface area contributed by atoms with E-state index >= 15 is 0 Å². The predicted molar refractivity (Wildman–Crippen MR) is 70.8 cm³/mol. The molecule has 1 rings (SSSR count). The summed E-state index contributed by atoms with van der Waals surface area (Å²) in [7, 11) is -4.59. The summed E-state index contributed by atoms with van der Waals surface area (Å²) in [5.41, 5.74) is 5.30. The van der Waals surface area contributed by atoms with E-state index in [1.807, 2.05) is 0 Å². The summed E-state index contributed by atoms with van der Waals surface area (Å²) in [6, 6.07) is 4.65. The first-order chi connectivity index (χ1) is 9.37. The second-order valence-corrected chi connectivity index (χ2v) is 5.69. The standard InChI is InChI=1S/C12H14F2N2O3S/c1-2-3-4-11(17)16-15-9-5-7-10(8-6-9)20(18,19)12(13)14/h2-3,5-8,12,15H,4H2,1H3,(H,16,17)/b3-2+. The van der Waals surface area contributed by atoms with Gasteiger partial charge in [-0.15, -0.1) is 0 Å². The molecule has 0 fully saturated rings. The molecule has 0 aliphatic heterocycles. The maximum absolute atomic E-state index is 12.3. The van der Waals surface area contributed by atoms with Crippen LogP contribution >= 0.6 is 0 Å². The van der Waals surface area contributed by atoms with Gasteiger partial charge in [0.15, 0.2) is 0 Å². The normalized spacial score (nSPS) is 11.8. The Morgan fingerprint density at radius 3 is 2.40 bits per heavy atom. The SMILES string of the molecule is C/C=C/CC(=O)NNc1ccc(S(=O)(=O)C(F)F)cc1. The summed E-state index contributed by atoms with van der Waals surface area (Å²) in [6.45, 7) is 1.78. The van der Waals surface area contributed by atoms with E-state index in [4.69, 9.17) is 0 Å². The number of allylic oxidation sites excluding steroid dienone is 1. The number of hydrogen-bond donors (Lipinski definition) is 2. The Hall–Kier alpha value is -1.96. The molecule has 0 bridgehead atoms. The third-order valence-electron chi connectivity index (χ3n) is 2.30. The number of nitrogens with one attached hydrogen (secondary N) is 2. The zero-order valence-corrected chi connectivity index (χ0v) is 11.5. The van der Waals surface area contributed by atoms with Crippen LogP contribution in [-0.4, -0.2) is 20.1 Å². The van der Waals surface area contributed by atoms with Crippen LogP contribution in [0.5, 0.6) is 0 Å². The predicted octanol–water partition coefficient (Wildman–Crippen LogP) is 2.09. The molecule has 1 aromatic rings. The third-order valence-corrected chi connectivity index (χ3v) is 3.70.